The second-order valence-corrected chi connectivity index (χ2v) is 29.2. The van der Waals surface area contributed by atoms with E-state index >= 15 is 0 Å². The summed E-state index contributed by atoms with van der Waals surface area (Å²) in [7, 11) is 0. The van der Waals surface area contributed by atoms with Crippen LogP contribution >= 0.6 is 0 Å². The molecule has 0 saturated heterocycles. The van der Waals surface area contributed by atoms with Gasteiger partial charge in [0.1, 0.15) is 30.9 Å². The number of carbonyl (C=O) groups is 4. The number of carbonyl (C=O) groups excluding carboxylic acids is 4. The Bertz CT molecular complexity index is 1980. The van der Waals surface area contributed by atoms with Gasteiger partial charge < -0.3 is 19.1 Å². The van der Waals surface area contributed by atoms with Crippen LogP contribution in [0.3, 0.4) is 0 Å². The summed E-state index contributed by atoms with van der Waals surface area (Å²) in [5.41, 5.74) is 1.27. The van der Waals surface area contributed by atoms with E-state index < -0.39 is 17.5 Å². The first kappa shape index (κ1) is 74.0. The Balaban J connectivity index is 1.24. The third-order valence-electron chi connectivity index (χ3n) is 20.5. The van der Waals surface area contributed by atoms with Crippen molar-refractivity contribution in [3.63, 3.8) is 0 Å². The maximum Gasteiger partial charge on any atom is 0.326 e. The summed E-state index contributed by atoms with van der Waals surface area (Å²) < 4.78 is 18.1. The Morgan fingerprint density at radius 1 is 0.576 bits per heavy atom. The molecular formula is C77H131NO7. The van der Waals surface area contributed by atoms with Crippen LogP contribution in [0.4, 0.5) is 0 Å². The first-order valence-corrected chi connectivity index (χ1v) is 36.1. The van der Waals surface area contributed by atoms with Crippen LogP contribution in [0.2, 0.25) is 0 Å². The molecule has 0 aromatic heterocycles. The van der Waals surface area contributed by atoms with Crippen molar-refractivity contribution in [3.8, 4) is 0 Å². The number of ether oxygens (including phenoxy) is 3. The van der Waals surface area contributed by atoms with E-state index in [2.05, 4.69) is 103 Å². The predicted octanol–water partition coefficient (Wildman–Crippen LogP) is 21.6. The molecule has 3 fully saturated rings. The molecule has 85 heavy (non-hydrogen) atoms. The quantitative estimate of drug-likeness (QED) is 0.0259. The maximum atomic E-state index is 14.0. The minimum absolute atomic E-state index is 0.0167. The zero-order valence-corrected chi connectivity index (χ0v) is 56.8. The molecule has 0 aliphatic heterocycles. The molecule has 0 unspecified atom stereocenters. The Labute approximate surface area is 523 Å². The highest BCUT2D eigenvalue weighted by atomic mass is 16.6. The van der Waals surface area contributed by atoms with E-state index in [1.54, 1.807) is 20.8 Å². The summed E-state index contributed by atoms with van der Waals surface area (Å²) in [6.07, 6.45) is 64.6. The van der Waals surface area contributed by atoms with Gasteiger partial charge in [-0.05, 0) is 208 Å². The molecular weight excluding hydrogens is 1050 g/mol. The van der Waals surface area contributed by atoms with Crippen molar-refractivity contribution < 1.29 is 33.4 Å². The molecule has 1 amide bonds. The van der Waals surface area contributed by atoms with Crippen molar-refractivity contribution >= 4 is 23.8 Å². The zero-order valence-electron chi connectivity index (χ0n) is 56.8. The Morgan fingerprint density at radius 2 is 1.12 bits per heavy atom. The van der Waals surface area contributed by atoms with Crippen LogP contribution in [-0.4, -0.2) is 59.6 Å². The van der Waals surface area contributed by atoms with Gasteiger partial charge in [0.25, 0.3) is 0 Å². The fourth-order valence-corrected chi connectivity index (χ4v) is 15.7. The zero-order chi connectivity index (χ0) is 61.8. The average Bonchev–Trinajstić information content (AvgIpc) is 1.78. The highest BCUT2D eigenvalue weighted by molar-refractivity contribution is 5.86. The third kappa shape index (κ3) is 28.7. The molecule has 0 spiro atoms. The largest absolute Gasteiger partial charge is 0.462 e. The summed E-state index contributed by atoms with van der Waals surface area (Å²) in [5, 5.41) is 0. The van der Waals surface area contributed by atoms with E-state index in [9.17, 15) is 19.2 Å². The summed E-state index contributed by atoms with van der Waals surface area (Å²) in [6.45, 7) is 21.6. The predicted molar refractivity (Wildman–Crippen MR) is 357 cm³/mol. The van der Waals surface area contributed by atoms with Crippen LogP contribution in [-0.2, 0) is 33.4 Å². The van der Waals surface area contributed by atoms with Crippen LogP contribution in [0, 0.1) is 46.3 Å². The standard InChI is InChI=1S/C77H131NO7/c1-11-13-15-17-19-21-23-25-27-29-31-33-35-37-39-41-47-65(48-42-40-38-36-34-32-30-28-26-24-22-20-18-16-14-12-2)83-72(80)50-44-49-71(79)78(61-74(82)85-75(6,7)8)60-73(81)84-66-55-57-76(9)64(59-66)51-52-67-69-54-53-68(63(5)46-43-45-62(3)4)77(69,10)58-56-70(67)76/h19-22,25-28,51,62-63,65-70H,11-18,23-24,29-50,52-61H2,1-10H3/b21-19-,22-20-,27-25-,28-26-/t63-,66+,67+,68-,69+,70+,76+,77-/m1/s1. The highest BCUT2D eigenvalue weighted by Crippen LogP contribution is 2.67. The van der Waals surface area contributed by atoms with E-state index in [0.29, 0.717) is 11.3 Å². The molecule has 8 atom stereocenters. The van der Waals surface area contributed by atoms with Gasteiger partial charge in [-0.1, -0.05) is 205 Å². The fourth-order valence-electron chi connectivity index (χ4n) is 15.7. The van der Waals surface area contributed by atoms with Crippen molar-refractivity contribution in [2.24, 2.45) is 46.3 Å². The summed E-state index contributed by atoms with van der Waals surface area (Å²) in [4.78, 5) is 55.8. The first-order valence-electron chi connectivity index (χ1n) is 36.1. The van der Waals surface area contributed by atoms with Crippen LogP contribution in [0.5, 0.6) is 0 Å². The number of esters is 3. The average molecular weight is 1180 g/mol. The molecule has 0 heterocycles. The lowest BCUT2D eigenvalue weighted by Gasteiger charge is -2.58. The molecule has 0 radical (unpaired) electrons. The number of hydrogen-bond acceptors (Lipinski definition) is 7. The van der Waals surface area contributed by atoms with E-state index in [4.69, 9.17) is 14.2 Å². The number of allylic oxidation sites excluding steroid dienone is 9. The smallest absolute Gasteiger partial charge is 0.326 e. The van der Waals surface area contributed by atoms with Gasteiger partial charge in [-0.2, -0.15) is 0 Å². The van der Waals surface area contributed by atoms with Crippen LogP contribution in [0.1, 0.15) is 326 Å². The van der Waals surface area contributed by atoms with Gasteiger partial charge in [0.15, 0.2) is 0 Å². The minimum atomic E-state index is -0.749. The summed E-state index contributed by atoms with van der Waals surface area (Å²) in [6, 6.07) is 0. The molecule has 3 saturated carbocycles. The van der Waals surface area contributed by atoms with Crippen molar-refractivity contribution in [1.82, 2.24) is 4.90 Å². The molecule has 8 nitrogen and oxygen atoms in total. The van der Waals surface area contributed by atoms with Gasteiger partial charge in [0.05, 0.1) is 0 Å². The highest BCUT2D eigenvalue weighted by Gasteiger charge is 2.59. The summed E-state index contributed by atoms with van der Waals surface area (Å²) >= 11 is 0. The number of fused-ring (bicyclic) bond motifs is 5. The second-order valence-electron chi connectivity index (χ2n) is 29.2. The lowest BCUT2D eigenvalue weighted by molar-refractivity contribution is -0.163. The molecule has 4 aliphatic carbocycles. The molecule has 8 heteroatoms. The molecule has 0 aromatic carbocycles. The van der Waals surface area contributed by atoms with Gasteiger partial charge in [0.2, 0.25) is 5.91 Å². The summed E-state index contributed by atoms with van der Waals surface area (Å²) in [5.74, 6) is 2.88. The molecule has 4 rings (SSSR count). The van der Waals surface area contributed by atoms with E-state index in [-0.39, 0.29) is 61.9 Å². The number of unbranched alkanes of at least 4 members (excludes halogenated alkanes) is 18. The minimum Gasteiger partial charge on any atom is -0.462 e. The molecule has 0 N–H and O–H groups in total. The fraction of sp³-hybridized carbons (Fsp3) is 0.818. The second kappa shape index (κ2) is 41.7. The van der Waals surface area contributed by atoms with E-state index in [1.807, 2.05) is 0 Å². The van der Waals surface area contributed by atoms with Gasteiger partial charge >= 0.3 is 17.9 Å². The van der Waals surface area contributed by atoms with Crippen molar-refractivity contribution in [3.05, 3.63) is 60.3 Å². The van der Waals surface area contributed by atoms with Gasteiger partial charge in [-0.3, -0.25) is 19.2 Å². The first-order chi connectivity index (χ1) is 40.9. The topological polar surface area (TPSA) is 99.2 Å². The van der Waals surface area contributed by atoms with Crippen LogP contribution < -0.4 is 0 Å². The Hall–Kier alpha value is -3.42. The van der Waals surface area contributed by atoms with Gasteiger partial charge in [0, 0.05) is 19.3 Å². The van der Waals surface area contributed by atoms with Crippen LogP contribution in [0.25, 0.3) is 0 Å². The molecule has 0 aromatic rings. The SMILES string of the molecule is CCCCC/C=C\C/C=C\CCCCCCCCC(CCCCCCCC/C=C\C/C=C\CCCCC)OC(=O)CCCC(=O)N(CC(=O)O[C@H]1CC[C@@]2(C)C(=CC[C@H]3[C@@H]4CC[C@H]([C@H](C)CCCC(C)C)[C@@]4(C)CC[C@@H]32)C1)CC(=O)OC(C)(C)C. The van der Waals surface area contributed by atoms with Crippen molar-refractivity contribution in [2.75, 3.05) is 13.1 Å². The van der Waals surface area contributed by atoms with E-state index in [0.717, 1.165) is 119 Å². The molecule has 4 aliphatic rings. The number of rotatable bonds is 45. The molecule has 0 bridgehead atoms. The molecule has 486 valence electrons. The number of hydrogen-bond donors (Lipinski definition) is 0. The van der Waals surface area contributed by atoms with Crippen molar-refractivity contribution in [1.29, 1.82) is 0 Å². The van der Waals surface area contributed by atoms with Crippen LogP contribution in [0.15, 0.2) is 60.3 Å². The monoisotopic (exact) mass is 1180 g/mol. The normalized spacial score (nSPS) is 23.7. The number of amides is 1. The van der Waals surface area contributed by atoms with Crippen molar-refractivity contribution in [2.45, 2.75) is 344 Å². The van der Waals surface area contributed by atoms with Gasteiger partial charge in [-0.25, -0.2) is 0 Å². The lowest BCUT2D eigenvalue weighted by Crippen LogP contribution is -2.51. The lowest BCUT2D eigenvalue weighted by atomic mass is 9.47. The third-order valence-corrected chi connectivity index (χ3v) is 20.5. The Morgan fingerprint density at radius 3 is 1.67 bits per heavy atom. The maximum absolute atomic E-state index is 14.0. The van der Waals surface area contributed by atoms with E-state index in [1.165, 1.54) is 158 Å². The van der Waals surface area contributed by atoms with Gasteiger partial charge in [-0.15, -0.1) is 0 Å². The number of nitrogens with zero attached hydrogens (tertiary/aromatic N) is 1. The Kier molecular flexibility index (Phi) is 36.4.